The van der Waals surface area contributed by atoms with Crippen LogP contribution in [-0.2, 0) is 15.8 Å². The number of benzene rings is 2. The van der Waals surface area contributed by atoms with Crippen LogP contribution in [-0.4, -0.2) is 13.0 Å². The second-order valence-electron chi connectivity index (χ2n) is 7.94. The lowest BCUT2D eigenvalue weighted by Gasteiger charge is -2.42. The molecule has 1 aliphatic heterocycles. The Bertz CT molecular complexity index is 836. The number of para-hydroxylation sites is 1. The predicted octanol–water partition coefficient (Wildman–Crippen LogP) is 6.10. The van der Waals surface area contributed by atoms with E-state index in [1.165, 1.54) is 6.07 Å². The summed E-state index contributed by atoms with van der Waals surface area (Å²) >= 11 is 0. The summed E-state index contributed by atoms with van der Waals surface area (Å²) in [4.78, 5) is 0. The first-order chi connectivity index (χ1) is 11.9. The van der Waals surface area contributed by atoms with Gasteiger partial charge in [-0.25, -0.2) is 0 Å². The number of halogens is 3. The zero-order valence-corrected chi connectivity index (χ0v) is 15.6. The summed E-state index contributed by atoms with van der Waals surface area (Å²) in [6.45, 7) is 10.6. The molecule has 0 bridgehead atoms. The lowest BCUT2D eigenvalue weighted by Crippen LogP contribution is -2.40. The van der Waals surface area contributed by atoms with Crippen molar-refractivity contribution in [2.75, 3.05) is 6.61 Å². The molecule has 0 aromatic heterocycles. The third kappa shape index (κ3) is 3.45. The number of fused-ring (bicyclic) bond motifs is 1. The summed E-state index contributed by atoms with van der Waals surface area (Å²) in [5, 5.41) is 0. The molecule has 2 aromatic carbocycles. The van der Waals surface area contributed by atoms with Crippen LogP contribution >= 0.6 is 0 Å². The average Bonchev–Trinajstić information content (AvgIpc) is 2.51. The van der Waals surface area contributed by atoms with Gasteiger partial charge in [-0.3, -0.25) is 0 Å². The summed E-state index contributed by atoms with van der Waals surface area (Å²) in [6, 6.07) is 10.3. The molecular formula is C21H23F3O2. The number of rotatable bonds is 2. The number of alkyl halides is 3. The Morgan fingerprint density at radius 3 is 2.27 bits per heavy atom. The first-order valence-electron chi connectivity index (χ1n) is 8.55. The van der Waals surface area contributed by atoms with Crippen molar-refractivity contribution in [1.29, 1.82) is 0 Å². The molecule has 5 heteroatoms. The summed E-state index contributed by atoms with van der Waals surface area (Å²) in [5.74, 6) is -0.188. The van der Waals surface area contributed by atoms with Gasteiger partial charge in [-0.2, -0.15) is 0 Å². The van der Waals surface area contributed by atoms with Gasteiger partial charge in [0.1, 0.15) is 5.75 Å². The molecule has 2 nitrogen and oxygen atoms in total. The minimum Gasteiger partial charge on any atom is -0.405 e. The van der Waals surface area contributed by atoms with E-state index in [9.17, 15) is 13.2 Å². The van der Waals surface area contributed by atoms with Gasteiger partial charge in [0.2, 0.25) is 0 Å². The molecule has 0 aliphatic carbocycles. The molecule has 0 N–H and O–H groups in total. The Morgan fingerprint density at radius 1 is 0.962 bits per heavy atom. The molecule has 1 heterocycles. The number of hydrogen-bond acceptors (Lipinski definition) is 2. The van der Waals surface area contributed by atoms with Crippen molar-refractivity contribution < 1.29 is 22.6 Å². The predicted molar refractivity (Wildman–Crippen MR) is 95.3 cm³/mol. The molecule has 140 valence electrons. The maximum Gasteiger partial charge on any atom is 0.573 e. The summed E-state index contributed by atoms with van der Waals surface area (Å²) in [6.07, 6.45) is -4.73. The lowest BCUT2D eigenvalue weighted by molar-refractivity contribution is -0.274. The fraction of sp³-hybridized carbons (Fsp3) is 0.429. The van der Waals surface area contributed by atoms with Crippen molar-refractivity contribution in [3.8, 4) is 16.9 Å². The molecule has 0 spiro atoms. The van der Waals surface area contributed by atoms with Crippen LogP contribution < -0.4 is 4.74 Å². The summed E-state index contributed by atoms with van der Waals surface area (Å²) in [7, 11) is 0. The number of aryl methyl sites for hydroxylation is 1. The molecule has 0 radical (unpaired) electrons. The quantitative estimate of drug-likeness (QED) is 0.641. The molecule has 0 amide bonds. The van der Waals surface area contributed by atoms with Crippen LogP contribution in [0.3, 0.4) is 0 Å². The van der Waals surface area contributed by atoms with Crippen molar-refractivity contribution in [2.24, 2.45) is 0 Å². The van der Waals surface area contributed by atoms with E-state index in [2.05, 4.69) is 18.6 Å². The smallest absolute Gasteiger partial charge is 0.405 e. The van der Waals surface area contributed by atoms with Crippen LogP contribution in [0.15, 0.2) is 36.4 Å². The molecule has 0 fully saturated rings. The van der Waals surface area contributed by atoms with E-state index in [0.717, 1.165) is 22.3 Å². The van der Waals surface area contributed by atoms with Gasteiger partial charge in [0.25, 0.3) is 0 Å². The second kappa shape index (κ2) is 6.02. The van der Waals surface area contributed by atoms with Gasteiger partial charge in [0.05, 0.1) is 12.2 Å². The molecular weight excluding hydrogens is 341 g/mol. The minimum absolute atomic E-state index is 0.188. The maximum absolute atomic E-state index is 12.8. The van der Waals surface area contributed by atoms with Crippen LogP contribution in [0.5, 0.6) is 5.75 Å². The van der Waals surface area contributed by atoms with Crippen molar-refractivity contribution in [1.82, 2.24) is 0 Å². The van der Waals surface area contributed by atoms with Crippen molar-refractivity contribution in [3.05, 3.63) is 53.1 Å². The Labute approximate surface area is 151 Å². The fourth-order valence-corrected chi connectivity index (χ4v) is 3.48. The molecule has 0 unspecified atom stereocenters. The van der Waals surface area contributed by atoms with Crippen LogP contribution in [0, 0.1) is 6.92 Å². The topological polar surface area (TPSA) is 18.5 Å². The molecule has 0 saturated carbocycles. The SMILES string of the molecule is Cc1cc2c(cc1-c1ccccc1OC(F)(F)F)C(C)(C)COC2(C)C. The molecule has 0 atom stereocenters. The van der Waals surface area contributed by atoms with Crippen molar-refractivity contribution >= 4 is 0 Å². The Balaban J connectivity index is 2.20. The highest BCUT2D eigenvalue weighted by Crippen LogP contribution is 2.45. The highest BCUT2D eigenvalue weighted by molar-refractivity contribution is 5.75. The minimum atomic E-state index is -4.73. The van der Waals surface area contributed by atoms with Crippen molar-refractivity contribution in [2.45, 2.75) is 52.0 Å². The monoisotopic (exact) mass is 364 g/mol. The Morgan fingerprint density at radius 2 is 1.62 bits per heavy atom. The first kappa shape index (κ1) is 18.8. The van der Waals surface area contributed by atoms with Crippen LogP contribution in [0.2, 0.25) is 0 Å². The van der Waals surface area contributed by atoms with E-state index in [-0.39, 0.29) is 11.2 Å². The van der Waals surface area contributed by atoms with E-state index in [1.54, 1.807) is 18.2 Å². The lowest BCUT2D eigenvalue weighted by atomic mass is 9.74. The summed E-state index contributed by atoms with van der Waals surface area (Å²) in [5.41, 5.74) is 3.57. The normalized spacial score (nSPS) is 18.3. The van der Waals surface area contributed by atoms with Crippen LogP contribution in [0.4, 0.5) is 13.2 Å². The molecule has 1 aliphatic rings. The van der Waals surface area contributed by atoms with E-state index >= 15 is 0 Å². The zero-order chi connectivity index (χ0) is 19.3. The van der Waals surface area contributed by atoms with Gasteiger partial charge >= 0.3 is 6.36 Å². The van der Waals surface area contributed by atoms with E-state index < -0.39 is 12.0 Å². The van der Waals surface area contributed by atoms with Gasteiger partial charge < -0.3 is 9.47 Å². The van der Waals surface area contributed by atoms with Crippen molar-refractivity contribution in [3.63, 3.8) is 0 Å². The van der Waals surface area contributed by atoms with Gasteiger partial charge in [-0.15, -0.1) is 13.2 Å². The maximum atomic E-state index is 12.8. The van der Waals surface area contributed by atoms with E-state index in [1.807, 2.05) is 32.9 Å². The second-order valence-corrected chi connectivity index (χ2v) is 7.94. The fourth-order valence-electron chi connectivity index (χ4n) is 3.48. The third-order valence-electron chi connectivity index (χ3n) is 4.94. The molecule has 3 rings (SSSR count). The van der Waals surface area contributed by atoms with E-state index in [0.29, 0.717) is 12.2 Å². The average molecular weight is 364 g/mol. The Kier molecular flexibility index (Phi) is 4.34. The molecule has 0 saturated heterocycles. The number of hydrogen-bond donors (Lipinski definition) is 0. The van der Waals surface area contributed by atoms with Gasteiger partial charge in [-0.05, 0) is 55.2 Å². The highest BCUT2D eigenvalue weighted by Gasteiger charge is 2.39. The van der Waals surface area contributed by atoms with Crippen LogP contribution in [0.1, 0.15) is 44.4 Å². The standard InChI is InChI=1S/C21H23F3O2/c1-13-10-17-16(19(2,3)12-25-20(17,4)5)11-15(13)14-8-6-7-9-18(14)26-21(22,23)24/h6-11H,12H2,1-5H3. The third-order valence-corrected chi connectivity index (χ3v) is 4.94. The van der Waals surface area contributed by atoms with E-state index in [4.69, 9.17) is 4.74 Å². The van der Waals surface area contributed by atoms with Gasteiger partial charge in [-0.1, -0.05) is 38.1 Å². The highest BCUT2D eigenvalue weighted by atomic mass is 19.4. The summed E-state index contributed by atoms with van der Waals surface area (Å²) < 4.78 is 48.7. The first-order valence-corrected chi connectivity index (χ1v) is 8.55. The molecule has 2 aromatic rings. The zero-order valence-electron chi connectivity index (χ0n) is 15.6. The van der Waals surface area contributed by atoms with Gasteiger partial charge in [0, 0.05) is 11.0 Å². The largest absolute Gasteiger partial charge is 0.573 e. The van der Waals surface area contributed by atoms with Gasteiger partial charge in [0.15, 0.2) is 0 Å². The Hall–Kier alpha value is -2.01. The molecule has 26 heavy (non-hydrogen) atoms. The number of ether oxygens (including phenoxy) is 2. The van der Waals surface area contributed by atoms with Crippen LogP contribution in [0.25, 0.3) is 11.1 Å².